The highest BCUT2D eigenvalue weighted by Gasteiger charge is 2.36. The van der Waals surface area contributed by atoms with Crippen molar-refractivity contribution in [2.24, 2.45) is 7.05 Å². The fourth-order valence-corrected chi connectivity index (χ4v) is 3.73. The number of halogens is 4. The Kier molecular flexibility index (Phi) is 5.23. The van der Waals surface area contributed by atoms with Gasteiger partial charge in [-0.25, -0.2) is 13.8 Å². The van der Waals surface area contributed by atoms with E-state index in [4.69, 9.17) is 4.74 Å². The first kappa shape index (κ1) is 21.9. The maximum absolute atomic E-state index is 15.1. The number of hydrogen-bond acceptors (Lipinski definition) is 3. The SMILES string of the molecule is CC1Cc2c(c(C#C[Si](C)(C)C)cc(F)c2-n2c(=O)cc(C(F)(F)F)n(C)c2=O)O1. The molecule has 0 fully saturated rings. The van der Waals surface area contributed by atoms with Gasteiger partial charge in [0.1, 0.15) is 31.4 Å². The lowest BCUT2D eigenvalue weighted by atomic mass is 10.0. The molecule has 0 radical (unpaired) electrons. The quantitative estimate of drug-likeness (QED) is 0.389. The van der Waals surface area contributed by atoms with Crippen molar-refractivity contribution in [1.29, 1.82) is 0 Å². The summed E-state index contributed by atoms with van der Waals surface area (Å²) in [5, 5.41) is 0. The Labute approximate surface area is 170 Å². The van der Waals surface area contributed by atoms with E-state index >= 15 is 4.39 Å². The first-order valence-corrected chi connectivity index (χ1v) is 12.7. The summed E-state index contributed by atoms with van der Waals surface area (Å²) in [6, 6.07) is 1.34. The number of fused-ring (bicyclic) bond motifs is 1. The molecule has 2 aromatic rings. The first-order chi connectivity index (χ1) is 13.7. The number of nitrogens with zero attached hydrogens (tertiary/aromatic N) is 2. The van der Waals surface area contributed by atoms with Gasteiger partial charge in [-0.2, -0.15) is 13.2 Å². The van der Waals surface area contributed by atoms with Crippen LogP contribution in [-0.4, -0.2) is 23.3 Å². The van der Waals surface area contributed by atoms with Crippen molar-refractivity contribution in [3.05, 3.63) is 55.6 Å². The van der Waals surface area contributed by atoms with Gasteiger partial charge < -0.3 is 4.74 Å². The molecule has 1 aliphatic heterocycles. The fourth-order valence-electron chi connectivity index (χ4n) is 3.22. The van der Waals surface area contributed by atoms with Crippen molar-refractivity contribution in [3.63, 3.8) is 0 Å². The third-order valence-electron chi connectivity index (χ3n) is 4.52. The Morgan fingerprint density at radius 1 is 1.20 bits per heavy atom. The largest absolute Gasteiger partial charge is 0.489 e. The minimum absolute atomic E-state index is 0.181. The minimum Gasteiger partial charge on any atom is -0.489 e. The molecule has 0 saturated heterocycles. The predicted molar refractivity (Wildman–Crippen MR) is 106 cm³/mol. The molecule has 3 rings (SSSR count). The molecule has 0 spiro atoms. The number of aromatic nitrogens is 2. The van der Waals surface area contributed by atoms with E-state index in [0.717, 1.165) is 13.1 Å². The monoisotopic (exact) mass is 440 g/mol. The van der Waals surface area contributed by atoms with Crippen molar-refractivity contribution >= 4 is 8.07 Å². The third kappa shape index (κ3) is 3.94. The minimum atomic E-state index is -4.90. The molecule has 1 unspecified atom stereocenters. The molecule has 1 aliphatic rings. The zero-order valence-corrected chi connectivity index (χ0v) is 18.1. The van der Waals surface area contributed by atoms with Gasteiger partial charge in [-0.05, 0) is 13.0 Å². The van der Waals surface area contributed by atoms with Crippen LogP contribution in [-0.2, 0) is 19.6 Å². The van der Waals surface area contributed by atoms with Crippen LogP contribution in [0.15, 0.2) is 21.7 Å². The molecule has 1 aromatic heterocycles. The van der Waals surface area contributed by atoms with E-state index in [1.54, 1.807) is 6.92 Å². The van der Waals surface area contributed by atoms with Gasteiger partial charge in [0.05, 0.1) is 11.3 Å². The Morgan fingerprint density at radius 2 is 1.83 bits per heavy atom. The molecule has 160 valence electrons. The molecular formula is C20H20F4N2O3Si. The van der Waals surface area contributed by atoms with Crippen LogP contribution in [0.4, 0.5) is 17.6 Å². The molecule has 10 heteroatoms. The Bertz CT molecular complexity index is 1210. The van der Waals surface area contributed by atoms with Crippen LogP contribution in [0.3, 0.4) is 0 Å². The normalized spacial score (nSPS) is 16.0. The second-order valence-electron chi connectivity index (χ2n) is 8.24. The number of rotatable bonds is 1. The van der Waals surface area contributed by atoms with Gasteiger partial charge in [-0.1, -0.05) is 25.6 Å². The standard InChI is InChI=1S/C20H20F4N2O3Si/c1-11-8-13-17(14(21)9-12(18(13)29-11)6-7-30(3,4)5)26-16(27)10-15(20(22,23)24)25(2)19(26)28/h9-11H,8H2,1-5H3. The Hall–Kier alpha value is -2.80. The molecule has 2 heterocycles. The van der Waals surface area contributed by atoms with Crippen LogP contribution in [0.2, 0.25) is 19.6 Å². The predicted octanol–water partition coefficient (Wildman–Crippen LogP) is 3.25. The molecule has 0 bridgehead atoms. The zero-order valence-electron chi connectivity index (χ0n) is 17.1. The molecule has 0 N–H and O–H groups in total. The van der Waals surface area contributed by atoms with E-state index in [-0.39, 0.29) is 40.0 Å². The number of ether oxygens (including phenoxy) is 1. The Morgan fingerprint density at radius 3 is 2.40 bits per heavy atom. The smallest absolute Gasteiger partial charge is 0.431 e. The van der Waals surface area contributed by atoms with Crippen LogP contribution in [0.1, 0.15) is 23.7 Å². The van der Waals surface area contributed by atoms with Crippen molar-refractivity contribution < 1.29 is 22.3 Å². The summed E-state index contributed by atoms with van der Waals surface area (Å²) in [4.78, 5) is 25.1. The molecular weight excluding hydrogens is 420 g/mol. The van der Waals surface area contributed by atoms with Gasteiger partial charge in [-0.15, -0.1) is 5.54 Å². The topological polar surface area (TPSA) is 53.2 Å². The van der Waals surface area contributed by atoms with E-state index in [2.05, 4.69) is 11.5 Å². The molecule has 5 nitrogen and oxygen atoms in total. The number of hydrogen-bond donors (Lipinski definition) is 0. The average Bonchev–Trinajstić information content (AvgIpc) is 2.98. The zero-order chi connectivity index (χ0) is 22.6. The third-order valence-corrected chi connectivity index (χ3v) is 5.39. The maximum atomic E-state index is 15.1. The van der Waals surface area contributed by atoms with Gasteiger partial charge in [0, 0.05) is 25.1 Å². The maximum Gasteiger partial charge on any atom is 0.431 e. The van der Waals surface area contributed by atoms with Crippen LogP contribution in [0.5, 0.6) is 5.75 Å². The van der Waals surface area contributed by atoms with Gasteiger partial charge in [0.25, 0.3) is 5.56 Å². The van der Waals surface area contributed by atoms with E-state index in [1.807, 2.05) is 19.6 Å². The lowest BCUT2D eigenvalue weighted by Crippen LogP contribution is -2.41. The summed E-state index contributed by atoms with van der Waals surface area (Å²) in [6.07, 6.45) is -5.09. The Balaban J connectivity index is 2.34. The number of alkyl halides is 3. The van der Waals surface area contributed by atoms with Gasteiger partial charge >= 0.3 is 11.9 Å². The van der Waals surface area contributed by atoms with Crippen LogP contribution in [0.25, 0.3) is 5.69 Å². The van der Waals surface area contributed by atoms with Crippen LogP contribution >= 0.6 is 0 Å². The summed E-state index contributed by atoms with van der Waals surface area (Å²) in [6.45, 7) is 7.77. The van der Waals surface area contributed by atoms with Crippen molar-refractivity contribution in [2.75, 3.05) is 0 Å². The van der Waals surface area contributed by atoms with E-state index in [9.17, 15) is 22.8 Å². The van der Waals surface area contributed by atoms with Gasteiger partial charge in [0.2, 0.25) is 0 Å². The molecule has 30 heavy (non-hydrogen) atoms. The van der Waals surface area contributed by atoms with Crippen molar-refractivity contribution in [3.8, 4) is 22.9 Å². The lowest BCUT2D eigenvalue weighted by Gasteiger charge is -2.16. The van der Waals surface area contributed by atoms with Crippen molar-refractivity contribution in [1.82, 2.24) is 9.13 Å². The molecule has 0 saturated carbocycles. The second-order valence-corrected chi connectivity index (χ2v) is 13.0. The molecule has 0 amide bonds. The van der Waals surface area contributed by atoms with Gasteiger partial charge in [-0.3, -0.25) is 9.36 Å². The fraction of sp³-hybridized carbons (Fsp3) is 0.400. The average molecular weight is 440 g/mol. The van der Waals surface area contributed by atoms with E-state index < -0.39 is 42.7 Å². The van der Waals surface area contributed by atoms with Crippen molar-refractivity contribution in [2.45, 2.75) is 45.3 Å². The van der Waals surface area contributed by atoms with E-state index in [0.29, 0.717) is 4.57 Å². The summed E-state index contributed by atoms with van der Waals surface area (Å²) >= 11 is 0. The second kappa shape index (κ2) is 7.16. The lowest BCUT2D eigenvalue weighted by molar-refractivity contribution is -0.144. The van der Waals surface area contributed by atoms with Gasteiger partial charge in [0.15, 0.2) is 0 Å². The summed E-state index contributed by atoms with van der Waals surface area (Å²) in [7, 11) is -0.907. The van der Waals surface area contributed by atoms with E-state index in [1.165, 1.54) is 0 Å². The van der Waals surface area contributed by atoms with Crippen LogP contribution < -0.4 is 16.0 Å². The highest BCUT2D eigenvalue weighted by molar-refractivity contribution is 6.83. The molecule has 1 aromatic carbocycles. The highest BCUT2D eigenvalue weighted by Crippen LogP contribution is 2.38. The summed E-state index contributed by atoms with van der Waals surface area (Å²) in [5.41, 5.74) is -0.739. The highest BCUT2D eigenvalue weighted by atomic mass is 28.3. The molecule has 0 aliphatic carbocycles. The molecule has 1 atom stereocenters. The first-order valence-electron chi connectivity index (χ1n) is 9.16. The van der Waals surface area contributed by atoms with Crippen LogP contribution in [0, 0.1) is 17.3 Å². The number of benzene rings is 1. The summed E-state index contributed by atoms with van der Waals surface area (Å²) in [5.74, 6) is 2.24. The summed E-state index contributed by atoms with van der Waals surface area (Å²) < 4.78 is 60.9.